The summed E-state index contributed by atoms with van der Waals surface area (Å²) in [4.78, 5) is 17.3. The molecule has 1 atom stereocenters. The SMILES string of the molecule is C=CCn1c(SC(C)C(=O)NCc2ccc3c(c2)OCO3)nc2ccccc21. The summed E-state index contributed by atoms with van der Waals surface area (Å²) < 4.78 is 12.8. The second-order valence-corrected chi connectivity index (χ2v) is 7.76. The molecule has 7 heteroatoms. The Morgan fingerprint density at radius 1 is 1.32 bits per heavy atom. The van der Waals surface area contributed by atoms with Crippen molar-refractivity contribution in [1.29, 1.82) is 0 Å². The molecule has 144 valence electrons. The maximum atomic E-state index is 12.6. The lowest BCUT2D eigenvalue weighted by Crippen LogP contribution is -2.30. The minimum absolute atomic E-state index is 0.0418. The van der Waals surface area contributed by atoms with Crippen LogP contribution in [0.1, 0.15) is 12.5 Å². The highest BCUT2D eigenvalue weighted by molar-refractivity contribution is 8.00. The lowest BCUT2D eigenvalue weighted by molar-refractivity contribution is -0.120. The fourth-order valence-electron chi connectivity index (χ4n) is 3.04. The van der Waals surface area contributed by atoms with Crippen LogP contribution in [0.4, 0.5) is 0 Å². The Hall–Kier alpha value is -2.93. The van der Waals surface area contributed by atoms with Crippen LogP contribution in [-0.2, 0) is 17.9 Å². The average Bonchev–Trinajstić information content (AvgIpc) is 3.31. The van der Waals surface area contributed by atoms with E-state index in [1.54, 1.807) is 0 Å². The van der Waals surface area contributed by atoms with Gasteiger partial charge in [0.05, 0.1) is 16.3 Å². The summed E-state index contributed by atoms with van der Waals surface area (Å²) in [5.41, 5.74) is 2.92. The lowest BCUT2D eigenvalue weighted by atomic mass is 10.2. The Morgan fingerprint density at radius 3 is 3.00 bits per heavy atom. The van der Waals surface area contributed by atoms with Crippen LogP contribution in [0.2, 0.25) is 0 Å². The molecule has 3 aromatic rings. The Balaban J connectivity index is 1.42. The van der Waals surface area contributed by atoms with E-state index in [1.165, 1.54) is 11.8 Å². The number of hydrogen-bond acceptors (Lipinski definition) is 5. The molecule has 0 saturated heterocycles. The maximum Gasteiger partial charge on any atom is 0.233 e. The fourth-order valence-corrected chi connectivity index (χ4v) is 4.00. The first-order chi connectivity index (χ1) is 13.7. The van der Waals surface area contributed by atoms with Gasteiger partial charge >= 0.3 is 0 Å². The van der Waals surface area contributed by atoms with Gasteiger partial charge in [0.1, 0.15) is 0 Å². The van der Waals surface area contributed by atoms with Crippen molar-refractivity contribution in [1.82, 2.24) is 14.9 Å². The summed E-state index contributed by atoms with van der Waals surface area (Å²) in [6, 6.07) is 13.6. The van der Waals surface area contributed by atoms with Gasteiger partial charge in [0.2, 0.25) is 12.7 Å². The number of aromatic nitrogens is 2. The minimum atomic E-state index is -0.283. The zero-order chi connectivity index (χ0) is 19.5. The highest BCUT2D eigenvalue weighted by atomic mass is 32.2. The summed E-state index contributed by atoms with van der Waals surface area (Å²) in [5, 5.41) is 3.51. The van der Waals surface area contributed by atoms with Crippen molar-refractivity contribution in [2.24, 2.45) is 0 Å². The van der Waals surface area contributed by atoms with Crippen LogP contribution in [-0.4, -0.2) is 27.5 Å². The molecule has 0 fully saturated rings. The third kappa shape index (κ3) is 3.71. The zero-order valence-corrected chi connectivity index (χ0v) is 16.4. The molecule has 0 spiro atoms. The topological polar surface area (TPSA) is 65.4 Å². The first kappa shape index (κ1) is 18.4. The molecule has 0 bridgehead atoms. The summed E-state index contributed by atoms with van der Waals surface area (Å²) in [5.74, 6) is 1.41. The Bertz CT molecular complexity index is 1030. The number of allylic oxidation sites excluding steroid dienone is 1. The Labute approximate surface area is 167 Å². The largest absolute Gasteiger partial charge is 0.454 e. The molecule has 1 aromatic heterocycles. The number of benzene rings is 2. The summed E-state index contributed by atoms with van der Waals surface area (Å²) in [7, 11) is 0. The van der Waals surface area contributed by atoms with E-state index in [2.05, 4.69) is 21.4 Å². The zero-order valence-electron chi connectivity index (χ0n) is 15.6. The molecule has 1 aliphatic rings. The monoisotopic (exact) mass is 395 g/mol. The fraction of sp³-hybridized carbons (Fsp3) is 0.238. The van der Waals surface area contributed by atoms with Crippen molar-refractivity contribution >= 4 is 28.7 Å². The van der Waals surface area contributed by atoms with Gasteiger partial charge in [-0.3, -0.25) is 4.79 Å². The summed E-state index contributed by atoms with van der Waals surface area (Å²) in [6.07, 6.45) is 1.84. The third-order valence-corrected chi connectivity index (χ3v) is 5.58. The van der Waals surface area contributed by atoms with E-state index >= 15 is 0 Å². The van der Waals surface area contributed by atoms with Crippen LogP contribution in [0.15, 0.2) is 60.3 Å². The van der Waals surface area contributed by atoms with Gasteiger partial charge in [-0.05, 0) is 36.8 Å². The molecule has 6 nitrogen and oxygen atoms in total. The van der Waals surface area contributed by atoms with Crippen LogP contribution in [0.3, 0.4) is 0 Å². The van der Waals surface area contributed by atoms with Crippen molar-refractivity contribution in [3.63, 3.8) is 0 Å². The van der Waals surface area contributed by atoms with E-state index in [0.29, 0.717) is 18.8 Å². The molecule has 1 aliphatic heterocycles. The molecule has 0 aliphatic carbocycles. The highest BCUT2D eigenvalue weighted by Crippen LogP contribution is 2.32. The van der Waals surface area contributed by atoms with E-state index in [1.807, 2.05) is 55.5 Å². The van der Waals surface area contributed by atoms with Crippen molar-refractivity contribution < 1.29 is 14.3 Å². The van der Waals surface area contributed by atoms with Gasteiger partial charge in [0.15, 0.2) is 16.7 Å². The van der Waals surface area contributed by atoms with Gasteiger partial charge in [-0.2, -0.15) is 0 Å². The maximum absolute atomic E-state index is 12.6. The van der Waals surface area contributed by atoms with E-state index in [4.69, 9.17) is 9.47 Å². The van der Waals surface area contributed by atoms with Crippen molar-refractivity contribution in [3.05, 3.63) is 60.7 Å². The number of carbonyl (C=O) groups is 1. The van der Waals surface area contributed by atoms with Crippen LogP contribution in [0, 0.1) is 0 Å². The Kier molecular flexibility index (Phi) is 5.25. The van der Waals surface area contributed by atoms with Crippen LogP contribution < -0.4 is 14.8 Å². The average molecular weight is 395 g/mol. The number of hydrogen-bond donors (Lipinski definition) is 1. The smallest absolute Gasteiger partial charge is 0.233 e. The van der Waals surface area contributed by atoms with Gasteiger partial charge < -0.3 is 19.4 Å². The van der Waals surface area contributed by atoms with Crippen LogP contribution in [0.5, 0.6) is 11.5 Å². The van der Waals surface area contributed by atoms with Crippen LogP contribution >= 0.6 is 11.8 Å². The second-order valence-electron chi connectivity index (χ2n) is 6.45. The molecule has 1 amide bonds. The molecule has 1 unspecified atom stereocenters. The first-order valence-electron chi connectivity index (χ1n) is 9.05. The predicted molar refractivity (Wildman–Crippen MR) is 110 cm³/mol. The molecule has 1 N–H and O–H groups in total. The van der Waals surface area contributed by atoms with Crippen LogP contribution in [0.25, 0.3) is 11.0 Å². The third-order valence-electron chi connectivity index (χ3n) is 4.49. The normalized spacial score (nSPS) is 13.5. The van der Waals surface area contributed by atoms with E-state index in [0.717, 1.165) is 27.5 Å². The van der Waals surface area contributed by atoms with E-state index in [-0.39, 0.29) is 18.0 Å². The molecular formula is C21H21N3O3S. The van der Waals surface area contributed by atoms with E-state index in [9.17, 15) is 4.79 Å². The number of nitrogens with zero attached hydrogens (tertiary/aromatic N) is 2. The van der Waals surface area contributed by atoms with Gasteiger partial charge in [-0.1, -0.05) is 36.0 Å². The number of para-hydroxylation sites is 2. The van der Waals surface area contributed by atoms with Crippen molar-refractivity contribution in [3.8, 4) is 11.5 Å². The Morgan fingerprint density at radius 2 is 2.14 bits per heavy atom. The number of rotatable bonds is 7. The number of imidazole rings is 1. The number of fused-ring (bicyclic) bond motifs is 2. The van der Waals surface area contributed by atoms with E-state index < -0.39 is 0 Å². The molecule has 28 heavy (non-hydrogen) atoms. The standard InChI is InChI=1S/C21H21N3O3S/c1-3-10-24-17-7-5-4-6-16(17)23-21(24)28-14(2)20(25)22-12-15-8-9-18-19(11-15)27-13-26-18/h3-9,11,14H,1,10,12-13H2,2H3,(H,22,25). The van der Waals surface area contributed by atoms with Gasteiger partial charge in [0.25, 0.3) is 0 Å². The molecular weight excluding hydrogens is 374 g/mol. The quantitative estimate of drug-likeness (QED) is 0.488. The first-order valence-corrected chi connectivity index (χ1v) is 9.92. The number of amides is 1. The highest BCUT2D eigenvalue weighted by Gasteiger charge is 2.19. The van der Waals surface area contributed by atoms with Gasteiger partial charge in [-0.15, -0.1) is 6.58 Å². The van der Waals surface area contributed by atoms with Crippen molar-refractivity contribution in [2.75, 3.05) is 6.79 Å². The predicted octanol–water partition coefficient (Wildman–Crippen LogP) is 3.75. The minimum Gasteiger partial charge on any atom is -0.454 e. The summed E-state index contributed by atoms with van der Waals surface area (Å²) >= 11 is 1.45. The van der Waals surface area contributed by atoms with Crippen molar-refractivity contribution in [2.45, 2.75) is 30.4 Å². The molecule has 0 radical (unpaired) electrons. The molecule has 2 aromatic carbocycles. The number of carbonyl (C=O) groups excluding carboxylic acids is 1. The van der Waals surface area contributed by atoms with Gasteiger partial charge in [0, 0.05) is 13.1 Å². The molecule has 2 heterocycles. The number of nitrogens with one attached hydrogen (secondary N) is 1. The lowest BCUT2D eigenvalue weighted by Gasteiger charge is -2.13. The number of thioether (sulfide) groups is 1. The van der Waals surface area contributed by atoms with Gasteiger partial charge in [-0.25, -0.2) is 4.98 Å². The second kappa shape index (κ2) is 7.98. The molecule has 0 saturated carbocycles. The summed E-state index contributed by atoms with van der Waals surface area (Å²) in [6.45, 7) is 7.04. The molecule has 4 rings (SSSR count). The number of ether oxygens (including phenoxy) is 2.